The molecular weight excluding hydrogens is 304 g/mol. The number of amides is 1. The average Bonchev–Trinajstić information content (AvgIpc) is 3.22. The molecule has 0 spiro atoms. The van der Waals surface area contributed by atoms with Gasteiger partial charge in [-0.15, -0.1) is 0 Å². The van der Waals surface area contributed by atoms with Gasteiger partial charge >= 0.3 is 0 Å². The second kappa shape index (κ2) is 5.60. The summed E-state index contributed by atoms with van der Waals surface area (Å²) in [7, 11) is 0. The van der Waals surface area contributed by atoms with E-state index >= 15 is 0 Å². The summed E-state index contributed by atoms with van der Waals surface area (Å²) in [5.41, 5.74) is 7.50. The zero-order valence-corrected chi connectivity index (χ0v) is 13.7. The van der Waals surface area contributed by atoms with E-state index in [1.54, 1.807) is 6.20 Å². The molecule has 6 heteroatoms. The molecule has 1 saturated carbocycles. The summed E-state index contributed by atoms with van der Waals surface area (Å²) in [4.78, 5) is 20.6. The Bertz CT molecular complexity index is 864. The number of carbonyl (C=O) groups is 1. The zero-order valence-electron chi connectivity index (χ0n) is 13.7. The Morgan fingerprint density at radius 2 is 2.17 bits per heavy atom. The summed E-state index contributed by atoms with van der Waals surface area (Å²) >= 11 is 0. The Morgan fingerprint density at radius 3 is 2.83 bits per heavy atom. The van der Waals surface area contributed by atoms with Crippen LogP contribution in [-0.4, -0.2) is 33.7 Å². The fraction of sp³-hybridized carbons (Fsp3) is 0.500. The van der Waals surface area contributed by atoms with Crippen LogP contribution < -0.4 is 5.73 Å². The molecule has 1 saturated heterocycles. The molecule has 0 radical (unpaired) electrons. The predicted molar refractivity (Wildman–Crippen MR) is 89.3 cm³/mol. The molecule has 2 fully saturated rings. The van der Waals surface area contributed by atoms with E-state index in [0.29, 0.717) is 22.6 Å². The second-order valence-electron chi connectivity index (χ2n) is 6.84. The van der Waals surface area contributed by atoms with Crippen molar-refractivity contribution in [3.63, 3.8) is 0 Å². The molecule has 24 heavy (non-hydrogen) atoms. The first-order valence-electron chi connectivity index (χ1n) is 8.34. The number of fused-ring (bicyclic) bond motifs is 1. The van der Waals surface area contributed by atoms with Crippen molar-refractivity contribution >= 4 is 16.9 Å². The van der Waals surface area contributed by atoms with Gasteiger partial charge in [0, 0.05) is 30.9 Å². The van der Waals surface area contributed by atoms with Crippen LogP contribution in [0.5, 0.6) is 0 Å². The third-order valence-corrected chi connectivity index (χ3v) is 5.01. The van der Waals surface area contributed by atoms with Gasteiger partial charge in [-0.25, -0.2) is 9.97 Å². The lowest BCUT2D eigenvalue weighted by Crippen LogP contribution is -2.18. The molecule has 2 aromatic rings. The molecule has 3 heterocycles. The van der Waals surface area contributed by atoms with Crippen molar-refractivity contribution in [2.45, 2.75) is 38.1 Å². The number of primary amides is 1. The van der Waals surface area contributed by atoms with Gasteiger partial charge in [-0.05, 0) is 38.5 Å². The highest BCUT2D eigenvalue weighted by molar-refractivity contribution is 6.07. The number of ether oxygens (including phenoxy) is 1. The van der Waals surface area contributed by atoms with Crippen LogP contribution in [0.25, 0.3) is 11.0 Å². The number of nitrogens with zero attached hydrogens (tertiary/aromatic N) is 3. The standard InChI is InChI=1S/C18H20N4O2/c1-18(6-7-18)22-14(3-2-12-4-8-24-9-5-12)15(16(19)23)13-10-20-11-21-17(13)22/h10-12H,4-9H2,1H3,(H2,19,23). The summed E-state index contributed by atoms with van der Waals surface area (Å²) in [5, 5.41) is 0.689. The van der Waals surface area contributed by atoms with Crippen molar-refractivity contribution in [2.75, 3.05) is 13.2 Å². The number of carbonyl (C=O) groups excluding carboxylic acids is 1. The van der Waals surface area contributed by atoms with E-state index in [9.17, 15) is 4.79 Å². The van der Waals surface area contributed by atoms with Crippen LogP contribution in [0, 0.1) is 17.8 Å². The van der Waals surface area contributed by atoms with Gasteiger partial charge in [-0.3, -0.25) is 4.79 Å². The quantitative estimate of drug-likeness (QED) is 0.854. The molecule has 0 bridgehead atoms. The van der Waals surface area contributed by atoms with Crippen molar-refractivity contribution in [2.24, 2.45) is 11.7 Å². The van der Waals surface area contributed by atoms with Crippen LogP contribution in [0.4, 0.5) is 0 Å². The van der Waals surface area contributed by atoms with E-state index in [-0.39, 0.29) is 5.54 Å². The summed E-state index contributed by atoms with van der Waals surface area (Å²) in [5.74, 6) is 6.40. The van der Waals surface area contributed by atoms with E-state index in [2.05, 4.69) is 33.3 Å². The minimum Gasteiger partial charge on any atom is -0.381 e. The molecule has 2 aliphatic rings. The fourth-order valence-electron chi connectivity index (χ4n) is 3.33. The van der Waals surface area contributed by atoms with Crippen molar-refractivity contribution < 1.29 is 9.53 Å². The van der Waals surface area contributed by atoms with Crippen LogP contribution in [0.1, 0.15) is 48.7 Å². The van der Waals surface area contributed by atoms with Crippen LogP contribution in [-0.2, 0) is 10.3 Å². The summed E-state index contributed by atoms with van der Waals surface area (Å²) < 4.78 is 7.48. The van der Waals surface area contributed by atoms with Gasteiger partial charge in [-0.2, -0.15) is 0 Å². The molecule has 124 valence electrons. The van der Waals surface area contributed by atoms with Gasteiger partial charge < -0.3 is 15.0 Å². The molecule has 1 aliphatic carbocycles. The van der Waals surface area contributed by atoms with Gasteiger partial charge in [0.05, 0.1) is 10.9 Å². The Balaban J connectivity index is 1.90. The summed E-state index contributed by atoms with van der Waals surface area (Å²) in [6.45, 7) is 3.65. The van der Waals surface area contributed by atoms with Crippen LogP contribution in [0.3, 0.4) is 0 Å². The molecule has 0 unspecified atom stereocenters. The minimum atomic E-state index is -0.478. The summed E-state index contributed by atoms with van der Waals surface area (Å²) in [6.07, 6.45) is 7.11. The lowest BCUT2D eigenvalue weighted by molar-refractivity contribution is 0.0807. The number of hydrogen-bond donors (Lipinski definition) is 1. The number of rotatable bonds is 2. The summed E-state index contributed by atoms with van der Waals surface area (Å²) in [6, 6.07) is 0. The highest BCUT2D eigenvalue weighted by Crippen LogP contribution is 2.46. The number of nitrogens with two attached hydrogens (primary N) is 1. The monoisotopic (exact) mass is 324 g/mol. The van der Waals surface area contributed by atoms with E-state index in [1.807, 2.05) is 0 Å². The number of aromatic nitrogens is 3. The van der Waals surface area contributed by atoms with E-state index in [0.717, 1.165) is 44.5 Å². The molecule has 0 atom stereocenters. The molecule has 2 N–H and O–H groups in total. The van der Waals surface area contributed by atoms with E-state index < -0.39 is 5.91 Å². The topological polar surface area (TPSA) is 83.0 Å². The van der Waals surface area contributed by atoms with Crippen molar-refractivity contribution in [1.82, 2.24) is 14.5 Å². The second-order valence-corrected chi connectivity index (χ2v) is 6.84. The molecule has 4 rings (SSSR count). The van der Waals surface area contributed by atoms with E-state index in [1.165, 1.54) is 6.33 Å². The Hall–Kier alpha value is -2.39. The zero-order chi connectivity index (χ0) is 16.7. The van der Waals surface area contributed by atoms with Gasteiger partial charge in [0.15, 0.2) is 0 Å². The van der Waals surface area contributed by atoms with E-state index in [4.69, 9.17) is 10.5 Å². The third-order valence-electron chi connectivity index (χ3n) is 5.01. The van der Waals surface area contributed by atoms with Crippen LogP contribution >= 0.6 is 0 Å². The molecular formula is C18H20N4O2. The maximum absolute atomic E-state index is 12.1. The highest BCUT2D eigenvalue weighted by Gasteiger charge is 2.43. The molecule has 1 aliphatic heterocycles. The van der Waals surface area contributed by atoms with Crippen LogP contribution in [0.2, 0.25) is 0 Å². The lowest BCUT2D eigenvalue weighted by Gasteiger charge is -2.17. The van der Waals surface area contributed by atoms with Crippen LogP contribution in [0.15, 0.2) is 12.5 Å². The van der Waals surface area contributed by atoms with Gasteiger partial charge in [0.25, 0.3) is 5.91 Å². The Labute approximate surface area is 140 Å². The van der Waals surface area contributed by atoms with Crippen molar-refractivity contribution in [3.05, 3.63) is 23.8 Å². The smallest absolute Gasteiger partial charge is 0.252 e. The Morgan fingerprint density at radius 1 is 1.42 bits per heavy atom. The minimum absolute atomic E-state index is 0.0417. The lowest BCUT2D eigenvalue weighted by atomic mass is 10.0. The van der Waals surface area contributed by atoms with Crippen molar-refractivity contribution in [1.29, 1.82) is 0 Å². The first-order valence-corrected chi connectivity index (χ1v) is 8.34. The van der Waals surface area contributed by atoms with Gasteiger partial charge in [0.2, 0.25) is 0 Å². The molecule has 0 aromatic carbocycles. The predicted octanol–water partition coefficient (Wildman–Crippen LogP) is 1.82. The van der Waals surface area contributed by atoms with Crippen molar-refractivity contribution in [3.8, 4) is 11.8 Å². The Kier molecular flexibility index (Phi) is 3.54. The molecule has 1 amide bonds. The van der Waals surface area contributed by atoms with Gasteiger partial charge in [0.1, 0.15) is 17.7 Å². The first-order chi connectivity index (χ1) is 11.6. The highest BCUT2D eigenvalue weighted by atomic mass is 16.5. The normalized spacial score (nSPS) is 19.7. The maximum Gasteiger partial charge on any atom is 0.252 e. The molecule has 2 aromatic heterocycles. The maximum atomic E-state index is 12.1. The van der Waals surface area contributed by atoms with Gasteiger partial charge in [-0.1, -0.05) is 5.92 Å². The fourth-order valence-corrected chi connectivity index (χ4v) is 3.33. The first kappa shape index (κ1) is 15.2. The number of hydrogen-bond acceptors (Lipinski definition) is 4. The molecule has 6 nitrogen and oxygen atoms in total. The SMILES string of the molecule is CC1(n2c(C#CC3CCOCC3)c(C(N)=O)c3cncnc32)CC1. The average molecular weight is 324 g/mol. The third kappa shape index (κ3) is 2.45. The largest absolute Gasteiger partial charge is 0.381 e.